The third-order valence-electron chi connectivity index (χ3n) is 4.72. The van der Waals surface area contributed by atoms with Crippen LogP contribution in [-0.2, 0) is 9.63 Å². The Kier molecular flexibility index (Phi) is 5.54. The van der Waals surface area contributed by atoms with Crippen molar-refractivity contribution in [3.8, 4) is 0 Å². The number of piperidine rings is 1. The molecule has 1 aromatic heterocycles. The van der Waals surface area contributed by atoms with Gasteiger partial charge in [-0.3, -0.25) is 0 Å². The van der Waals surface area contributed by atoms with E-state index < -0.39 is 0 Å². The fourth-order valence-corrected chi connectivity index (χ4v) is 6.73. The third kappa shape index (κ3) is 4.09. The monoisotopic (exact) mass is 482 g/mol. The van der Waals surface area contributed by atoms with Crippen LogP contribution in [0.3, 0.4) is 0 Å². The zero-order valence-electron chi connectivity index (χ0n) is 14.6. The third-order valence-corrected chi connectivity index (χ3v) is 8.53. The van der Waals surface area contributed by atoms with Crippen LogP contribution < -0.4 is 21.2 Å². The SMILES string of the molecule is CC(=O)N1CCC(c2nc(C3=NOC([I-]c4ccccc4)C3)cs2)CC1. The number of oxime groups is 1. The van der Waals surface area contributed by atoms with E-state index in [2.05, 4.69) is 34.8 Å². The summed E-state index contributed by atoms with van der Waals surface area (Å²) in [6.45, 7) is 3.32. The predicted molar refractivity (Wildman–Crippen MR) is 97.5 cm³/mol. The molecular weight excluding hydrogens is 461 g/mol. The molecule has 2 aliphatic rings. The van der Waals surface area contributed by atoms with Crippen molar-refractivity contribution in [1.29, 1.82) is 0 Å². The topological polar surface area (TPSA) is 54.8 Å². The first-order valence-corrected chi connectivity index (χ1v) is 12.0. The Bertz CT molecular complexity index is 800. The molecule has 2 aliphatic heterocycles. The molecule has 4 rings (SSSR count). The van der Waals surface area contributed by atoms with Crippen molar-refractivity contribution >= 4 is 23.0 Å². The Hall–Kier alpha value is -1.48. The summed E-state index contributed by atoms with van der Waals surface area (Å²) < 4.78 is 1.58. The average Bonchev–Trinajstić information content (AvgIpc) is 3.32. The summed E-state index contributed by atoms with van der Waals surface area (Å²) in [7, 11) is 0. The Morgan fingerprint density at radius 2 is 2.04 bits per heavy atom. The molecule has 0 bridgehead atoms. The maximum atomic E-state index is 11.5. The first kappa shape index (κ1) is 17.9. The molecule has 0 radical (unpaired) electrons. The van der Waals surface area contributed by atoms with Crippen LogP contribution >= 0.6 is 11.3 Å². The molecule has 1 amide bonds. The molecule has 5 nitrogen and oxygen atoms in total. The van der Waals surface area contributed by atoms with E-state index in [1.54, 1.807) is 18.3 Å². The summed E-state index contributed by atoms with van der Waals surface area (Å²) in [5.74, 6) is 0.633. The zero-order valence-corrected chi connectivity index (χ0v) is 17.6. The number of carbonyl (C=O) groups excluding carboxylic acids is 1. The van der Waals surface area contributed by atoms with E-state index in [1.165, 1.54) is 8.58 Å². The number of aromatic nitrogens is 1. The Morgan fingerprint density at radius 3 is 2.77 bits per heavy atom. The standard InChI is InChI=1S/C19H21IN3O2S/c1-13(24)23-9-7-14(8-10-23)19-21-17(12-26-19)16-11-18(25-22-16)20-15-5-3-2-4-6-15/h2-6,12,14,18H,7-11H2,1H3/q-1. The van der Waals surface area contributed by atoms with E-state index in [-0.39, 0.29) is 31.2 Å². The number of hydrogen-bond donors (Lipinski definition) is 0. The van der Waals surface area contributed by atoms with Crippen LogP contribution in [0.1, 0.15) is 42.8 Å². The van der Waals surface area contributed by atoms with Crippen molar-refractivity contribution < 1.29 is 30.8 Å². The van der Waals surface area contributed by atoms with E-state index >= 15 is 0 Å². The van der Waals surface area contributed by atoms with Gasteiger partial charge in [0.2, 0.25) is 0 Å². The quantitative estimate of drug-likeness (QED) is 0.465. The van der Waals surface area contributed by atoms with E-state index in [4.69, 9.17) is 9.82 Å². The van der Waals surface area contributed by atoms with Gasteiger partial charge in [0, 0.05) is 0 Å². The molecule has 0 saturated carbocycles. The second-order valence-corrected chi connectivity index (χ2v) is 10.7. The Morgan fingerprint density at radius 1 is 1.27 bits per heavy atom. The van der Waals surface area contributed by atoms with E-state index in [0.29, 0.717) is 5.92 Å². The summed E-state index contributed by atoms with van der Waals surface area (Å²) in [6.07, 6.45) is 2.85. The molecule has 3 heterocycles. The molecule has 1 saturated heterocycles. The van der Waals surface area contributed by atoms with Crippen molar-refractivity contribution in [3.05, 3.63) is 50.0 Å². The molecule has 7 heteroatoms. The minimum absolute atomic E-state index is 0.175. The van der Waals surface area contributed by atoms with Gasteiger partial charge in [0.1, 0.15) is 0 Å². The maximum absolute atomic E-state index is 11.5. The molecule has 1 unspecified atom stereocenters. The Labute approximate surface area is 167 Å². The van der Waals surface area contributed by atoms with Crippen LogP contribution in [0.4, 0.5) is 0 Å². The molecule has 0 aliphatic carbocycles. The van der Waals surface area contributed by atoms with Crippen LogP contribution in [0.15, 0.2) is 40.9 Å². The number of nitrogens with zero attached hydrogens (tertiary/aromatic N) is 3. The molecule has 1 fully saturated rings. The van der Waals surface area contributed by atoms with Crippen LogP contribution in [0.2, 0.25) is 0 Å². The van der Waals surface area contributed by atoms with Gasteiger partial charge < -0.3 is 0 Å². The van der Waals surface area contributed by atoms with E-state index in [0.717, 1.165) is 43.8 Å². The zero-order chi connectivity index (χ0) is 17.9. The number of rotatable bonds is 4. The second kappa shape index (κ2) is 8.04. The minimum atomic E-state index is -0.212. The molecule has 0 N–H and O–H groups in total. The second-order valence-electron chi connectivity index (χ2n) is 6.51. The predicted octanol–water partition coefficient (Wildman–Crippen LogP) is 0.278. The van der Waals surface area contributed by atoms with Crippen molar-refractivity contribution in [1.82, 2.24) is 9.88 Å². The van der Waals surface area contributed by atoms with Crippen molar-refractivity contribution in [2.24, 2.45) is 5.16 Å². The van der Waals surface area contributed by atoms with Gasteiger partial charge in [-0.1, -0.05) is 0 Å². The average molecular weight is 482 g/mol. The fraction of sp³-hybridized carbons (Fsp3) is 0.421. The number of carbonyl (C=O) groups is 1. The van der Waals surface area contributed by atoms with Crippen molar-refractivity contribution in [2.45, 2.75) is 36.2 Å². The number of likely N-dealkylation sites (tertiary alicyclic amines) is 1. The first-order chi connectivity index (χ1) is 12.7. The van der Waals surface area contributed by atoms with E-state index in [1.807, 2.05) is 11.0 Å². The van der Waals surface area contributed by atoms with Gasteiger partial charge >= 0.3 is 168 Å². The van der Waals surface area contributed by atoms with Gasteiger partial charge in [-0.2, -0.15) is 0 Å². The normalized spacial score (nSPS) is 20.9. The van der Waals surface area contributed by atoms with Crippen molar-refractivity contribution in [2.75, 3.05) is 13.1 Å². The van der Waals surface area contributed by atoms with Gasteiger partial charge in [0.05, 0.1) is 0 Å². The summed E-state index contributed by atoms with van der Waals surface area (Å²) in [5, 5.41) is 7.60. The number of halogens is 1. The number of benzene rings is 1. The van der Waals surface area contributed by atoms with Gasteiger partial charge in [-0.15, -0.1) is 0 Å². The van der Waals surface area contributed by atoms with Gasteiger partial charge in [-0.25, -0.2) is 0 Å². The van der Waals surface area contributed by atoms with Gasteiger partial charge in [0.15, 0.2) is 0 Å². The number of amides is 1. The molecule has 1 aromatic carbocycles. The molecular formula is C19H21IN3O2S-. The molecule has 1 atom stereocenters. The summed E-state index contributed by atoms with van der Waals surface area (Å²) in [5.41, 5.74) is 1.95. The molecule has 138 valence electrons. The number of thiazole rings is 1. The summed E-state index contributed by atoms with van der Waals surface area (Å²) in [4.78, 5) is 23.9. The van der Waals surface area contributed by atoms with Crippen LogP contribution in [0.25, 0.3) is 0 Å². The first-order valence-electron chi connectivity index (χ1n) is 8.81. The molecule has 0 spiro atoms. The summed E-state index contributed by atoms with van der Waals surface area (Å²) >= 11 is 1.50. The number of alkyl halides is 1. The molecule has 26 heavy (non-hydrogen) atoms. The van der Waals surface area contributed by atoms with Gasteiger partial charge in [0.25, 0.3) is 0 Å². The van der Waals surface area contributed by atoms with Crippen LogP contribution in [0, 0.1) is 3.57 Å². The van der Waals surface area contributed by atoms with Crippen molar-refractivity contribution in [3.63, 3.8) is 0 Å². The van der Waals surface area contributed by atoms with Crippen LogP contribution in [-0.4, -0.2) is 38.7 Å². The van der Waals surface area contributed by atoms with Gasteiger partial charge in [-0.05, 0) is 0 Å². The fourth-order valence-electron chi connectivity index (χ4n) is 3.23. The number of hydrogen-bond acceptors (Lipinski definition) is 5. The summed E-state index contributed by atoms with van der Waals surface area (Å²) in [6, 6.07) is 10.5. The van der Waals surface area contributed by atoms with E-state index in [9.17, 15) is 4.79 Å². The van der Waals surface area contributed by atoms with Crippen LogP contribution in [0.5, 0.6) is 0 Å². The molecule has 2 aromatic rings. The Balaban J connectivity index is 1.35.